The van der Waals surface area contributed by atoms with E-state index in [1.807, 2.05) is 0 Å². The summed E-state index contributed by atoms with van der Waals surface area (Å²) in [4.78, 5) is 98.6. The van der Waals surface area contributed by atoms with Crippen LogP contribution in [0.15, 0.2) is 53.1 Å². The van der Waals surface area contributed by atoms with Crippen molar-refractivity contribution in [2.24, 2.45) is 22.7 Å². The van der Waals surface area contributed by atoms with Gasteiger partial charge >= 0.3 is 36.1 Å². The number of aliphatic hydroxyl groups excluding tert-OH is 2. The molecular weight excluding hydrogens is 838 g/mol. The average Bonchev–Trinajstić information content (AvgIpc) is 3.99. The standard InChI is InChI=1S/C46H57NO17/c1-21(2)18-26(47-40(55)63-42(5,6)7)30(50)39(54)58-31-22(3)29-32(59-37(52)25-16-17-25)34(51)44(10)27(49)19-28-45(20-57-28,62-23(4)48)33(44)36(60-38(53)24-14-12-11-13-15-24)46(43(29,8)9)35(31)61-41(56)64-46/h11-15,18,25-28,30-33,35-36,49-50H,16-17,19-20H2,1-10H3,(H,47,55)/t26-,27-,28+,30+,31+,32+,33?,35-,36-,44+,45-,46+/m0/s1. The number of aliphatic hydroxyl groups is 2. The fourth-order valence-electron chi connectivity index (χ4n) is 10.5. The summed E-state index contributed by atoms with van der Waals surface area (Å²) in [6, 6.07) is 6.33. The first-order chi connectivity index (χ1) is 29.8. The molecule has 1 spiro atoms. The Hall–Kier alpha value is -5.33. The molecule has 1 unspecified atom stereocenters. The van der Waals surface area contributed by atoms with Crippen molar-refractivity contribution in [1.29, 1.82) is 0 Å². The third-order valence-electron chi connectivity index (χ3n) is 13.5. The molecule has 4 aliphatic carbocycles. The van der Waals surface area contributed by atoms with Crippen LogP contribution in [0, 0.1) is 22.7 Å². The van der Waals surface area contributed by atoms with E-state index in [9.17, 15) is 39.0 Å². The molecule has 3 saturated carbocycles. The number of rotatable bonds is 10. The molecule has 2 bridgehead atoms. The molecule has 2 saturated heterocycles. The van der Waals surface area contributed by atoms with Crippen LogP contribution in [0.1, 0.15) is 98.9 Å². The molecule has 18 heteroatoms. The lowest BCUT2D eigenvalue weighted by Gasteiger charge is -2.67. The van der Waals surface area contributed by atoms with Crippen LogP contribution >= 0.6 is 0 Å². The molecule has 18 nitrogen and oxygen atoms in total. The molecule has 3 N–H and O–H groups in total. The number of amides is 1. The summed E-state index contributed by atoms with van der Waals surface area (Å²) >= 11 is 0. The fraction of sp³-hybridized carbons (Fsp3) is 0.630. The highest BCUT2D eigenvalue weighted by molar-refractivity contribution is 5.96. The topological polar surface area (TPSA) is 246 Å². The molecule has 12 atom stereocenters. The lowest BCUT2D eigenvalue weighted by molar-refractivity contribution is -0.345. The molecule has 1 aromatic carbocycles. The lowest BCUT2D eigenvalue weighted by Crippen LogP contribution is -2.83. The van der Waals surface area contributed by atoms with E-state index in [1.165, 1.54) is 32.1 Å². The van der Waals surface area contributed by atoms with E-state index < -0.39 is 130 Å². The van der Waals surface area contributed by atoms with Gasteiger partial charge in [-0.25, -0.2) is 19.2 Å². The molecule has 0 aromatic heterocycles. The first-order valence-electron chi connectivity index (χ1n) is 21.4. The number of carbonyl (C=O) groups excluding carboxylic acids is 7. The van der Waals surface area contributed by atoms with E-state index in [0.29, 0.717) is 18.4 Å². The number of fused-ring (bicyclic) bond motifs is 4. The second-order valence-corrected chi connectivity index (χ2v) is 19.6. The van der Waals surface area contributed by atoms with Gasteiger partial charge in [0.05, 0.1) is 41.6 Å². The molecule has 2 heterocycles. The van der Waals surface area contributed by atoms with Crippen LogP contribution in [0.5, 0.6) is 0 Å². The van der Waals surface area contributed by atoms with Gasteiger partial charge in [0.2, 0.25) is 5.60 Å². The van der Waals surface area contributed by atoms with E-state index in [0.717, 1.165) is 6.92 Å². The van der Waals surface area contributed by atoms with Crippen molar-refractivity contribution in [2.75, 3.05) is 6.61 Å². The molecule has 7 rings (SSSR count). The van der Waals surface area contributed by atoms with Crippen LogP contribution in [0.2, 0.25) is 0 Å². The van der Waals surface area contributed by atoms with Crippen LogP contribution in [-0.2, 0) is 57.1 Å². The largest absolute Gasteiger partial charge is 0.509 e. The number of hydrogen-bond donors (Lipinski definition) is 3. The number of hydrogen-bond acceptors (Lipinski definition) is 17. The van der Waals surface area contributed by atoms with Crippen molar-refractivity contribution in [3.63, 3.8) is 0 Å². The molecule has 0 radical (unpaired) electrons. The fourth-order valence-corrected chi connectivity index (χ4v) is 10.5. The quantitative estimate of drug-likeness (QED) is 0.171. The normalized spacial score (nSPS) is 34.5. The Morgan fingerprint density at radius 3 is 2.19 bits per heavy atom. The summed E-state index contributed by atoms with van der Waals surface area (Å²) < 4.78 is 48.7. The van der Waals surface area contributed by atoms with E-state index in [-0.39, 0.29) is 29.7 Å². The molecule has 1 amide bonds. The van der Waals surface area contributed by atoms with Gasteiger partial charge in [-0.1, -0.05) is 43.7 Å². The van der Waals surface area contributed by atoms with Crippen LogP contribution in [-0.4, -0.2) is 124 Å². The summed E-state index contributed by atoms with van der Waals surface area (Å²) in [7, 11) is 0. The SMILES string of the molecule is CC(=O)O[C@@]12CO[C@@H]1C[C@H](O)[C@@]1(C)C(=O)[C@H](OC(=O)C3CC3)C3=C(C)[C@@H](OC(=O)[C@H](O)[C@H](C=C(C)C)NC(=O)OC(C)(C)C)[C@@H]4OC(=O)O[C@]4([C@@H](OC(=O)c4ccccc4)C12)C3(C)C. The molecule has 5 fully saturated rings. The Balaban J connectivity index is 1.47. The van der Waals surface area contributed by atoms with Crippen molar-refractivity contribution in [1.82, 2.24) is 5.32 Å². The number of benzene rings is 1. The zero-order chi connectivity index (χ0) is 47.1. The second-order valence-electron chi connectivity index (χ2n) is 19.6. The number of Topliss-reactive ketones (excluding diaryl/α,β-unsaturated/α-hetero) is 1. The number of carbonyl (C=O) groups is 7. The maximum atomic E-state index is 15.8. The van der Waals surface area contributed by atoms with Gasteiger partial charge in [-0.15, -0.1) is 0 Å². The highest BCUT2D eigenvalue weighted by Crippen LogP contribution is 2.67. The van der Waals surface area contributed by atoms with E-state index in [4.69, 9.17) is 37.9 Å². The third-order valence-corrected chi connectivity index (χ3v) is 13.5. The number of alkyl carbamates (subject to hydrolysis) is 1. The minimum absolute atomic E-state index is 0.0257. The predicted molar refractivity (Wildman–Crippen MR) is 219 cm³/mol. The van der Waals surface area contributed by atoms with E-state index >= 15 is 4.79 Å². The molecule has 2 aliphatic heterocycles. The van der Waals surface area contributed by atoms with Crippen LogP contribution in [0.4, 0.5) is 9.59 Å². The first-order valence-corrected chi connectivity index (χ1v) is 21.4. The van der Waals surface area contributed by atoms with Crippen molar-refractivity contribution in [3.05, 3.63) is 58.7 Å². The first kappa shape index (κ1) is 46.7. The van der Waals surface area contributed by atoms with Gasteiger partial charge in [-0.3, -0.25) is 14.4 Å². The van der Waals surface area contributed by atoms with Gasteiger partial charge in [0.25, 0.3) is 0 Å². The molecular formula is C46H57NO17. The molecule has 6 aliphatic rings. The van der Waals surface area contributed by atoms with Gasteiger partial charge in [0.15, 0.2) is 41.9 Å². The van der Waals surface area contributed by atoms with Gasteiger partial charge in [0, 0.05) is 18.8 Å². The maximum Gasteiger partial charge on any atom is 0.509 e. The van der Waals surface area contributed by atoms with Gasteiger partial charge in [-0.2, -0.15) is 0 Å². The minimum Gasteiger partial charge on any atom is -0.454 e. The van der Waals surface area contributed by atoms with Crippen molar-refractivity contribution < 1.29 is 81.7 Å². The molecule has 348 valence electrons. The van der Waals surface area contributed by atoms with E-state index in [1.54, 1.807) is 66.7 Å². The Morgan fingerprint density at radius 1 is 0.969 bits per heavy atom. The monoisotopic (exact) mass is 895 g/mol. The zero-order valence-corrected chi connectivity index (χ0v) is 37.6. The Labute approximate surface area is 370 Å². The van der Waals surface area contributed by atoms with Crippen molar-refractivity contribution in [2.45, 2.75) is 154 Å². The van der Waals surface area contributed by atoms with Gasteiger partial charge in [0.1, 0.15) is 11.7 Å². The predicted octanol–water partition coefficient (Wildman–Crippen LogP) is 3.97. The van der Waals surface area contributed by atoms with Crippen molar-refractivity contribution >= 4 is 41.9 Å². The summed E-state index contributed by atoms with van der Waals surface area (Å²) in [6.07, 6.45) is -12.3. The highest BCUT2D eigenvalue weighted by Gasteiger charge is 2.83. The van der Waals surface area contributed by atoms with Crippen molar-refractivity contribution in [3.8, 4) is 0 Å². The van der Waals surface area contributed by atoms with Crippen LogP contribution < -0.4 is 5.32 Å². The third kappa shape index (κ3) is 7.63. The molecule has 64 heavy (non-hydrogen) atoms. The number of ether oxygens (including phenoxy) is 8. The summed E-state index contributed by atoms with van der Waals surface area (Å²) in [5.74, 6) is -6.91. The highest BCUT2D eigenvalue weighted by atomic mass is 16.8. The lowest BCUT2D eigenvalue weighted by atomic mass is 9.44. The zero-order valence-electron chi connectivity index (χ0n) is 37.6. The minimum atomic E-state index is -2.37. The number of nitrogens with one attached hydrogen (secondary N) is 1. The Morgan fingerprint density at radius 2 is 1.62 bits per heavy atom. The number of allylic oxidation sites excluding steroid dienone is 1. The Kier molecular flexibility index (Phi) is 11.9. The maximum absolute atomic E-state index is 15.8. The average molecular weight is 896 g/mol. The Bertz CT molecular complexity index is 2180. The second kappa shape index (κ2) is 16.3. The van der Waals surface area contributed by atoms with E-state index in [2.05, 4.69) is 5.32 Å². The smallest absolute Gasteiger partial charge is 0.454 e. The summed E-state index contributed by atoms with van der Waals surface area (Å²) in [5.41, 5.74) is -8.39. The van der Waals surface area contributed by atoms with Gasteiger partial charge < -0.3 is 53.4 Å². The summed E-state index contributed by atoms with van der Waals surface area (Å²) in [6.45, 7) is 15.0. The summed E-state index contributed by atoms with van der Waals surface area (Å²) in [5, 5.41) is 26.4. The van der Waals surface area contributed by atoms with Crippen LogP contribution in [0.25, 0.3) is 0 Å². The number of ketones is 1. The number of esters is 4. The molecule has 1 aromatic rings. The van der Waals surface area contributed by atoms with Gasteiger partial charge in [-0.05, 0) is 84.6 Å². The van der Waals surface area contributed by atoms with Crippen LogP contribution in [0.3, 0.4) is 0 Å².